The quantitative estimate of drug-likeness (QED) is 0.0839. The summed E-state index contributed by atoms with van der Waals surface area (Å²) in [6, 6.07) is 28.7. The monoisotopic (exact) mass is 1010 g/mol. The highest BCUT2D eigenvalue weighted by Gasteiger charge is 2.52. The SMILES string of the molecule is CCC(CC)(c1ccc(OCC(=O)C(C)(C)C)c(C)c1)c1ccc(B2OC(C)(C)C(C)(C)O2)c(C)c1.CCc1cncc(-c2ccc(C(CC)(CC)c3ccc(OCC(=O)C(C)(C)C)c(C)c3)cc2C)c1.O=C=O. The summed E-state index contributed by atoms with van der Waals surface area (Å²) in [6.07, 6.45) is 9.08. The van der Waals surface area contributed by atoms with Crippen LogP contribution < -0.4 is 14.9 Å². The minimum Gasteiger partial charge on any atom is -0.486 e. The zero-order valence-electron chi connectivity index (χ0n) is 48.4. The minimum atomic E-state index is -0.405. The maximum absolute atomic E-state index is 12.3. The number of benzene rings is 4. The van der Waals surface area contributed by atoms with Gasteiger partial charge in [0, 0.05) is 39.6 Å². The van der Waals surface area contributed by atoms with Crippen molar-refractivity contribution in [1.29, 1.82) is 0 Å². The Kier molecular flexibility index (Phi) is 20.4. The third-order valence-electron chi connectivity index (χ3n) is 15.9. The summed E-state index contributed by atoms with van der Waals surface area (Å²) in [5, 5.41) is 0. The molecule has 1 fully saturated rings. The number of carbonyl (C=O) groups is 2. The summed E-state index contributed by atoms with van der Waals surface area (Å²) >= 11 is 0. The average molecular weight is 1010 g/mol. The van der Waals surface area contributed by atoms with E-state index >= 15 is 0 Å². The fourth-order valence-corrected chi connectivity index (χ4v) is 9.73. The van der Waals surface area contributed by atoms with E-state index in [9.17, 15) is 9.59 Å². The predicted molar refractivity (Wildman–Crippen MR) is 301 cm³/mol. The van der Waals surface area contributed by atoms with Gasteiger partial charge in [0.25, 0.3) is 0 Å². The van der Waals surface area contributed by atoms with Gasteiger partial charge in [0.2, 0.25) is 0 Å². The number of hydrogen-bond donors (Lipinski definition) is 0. The van der Waals surface area contributed by atoms with Crippen molar-refractivity contribution < 1.29 is 38.0 Å². The molecular formula is C64H86BNO8. The molecule has 0 amide bonds. The first-order valence-corrected chi connectivity index (χ1v) is 26.6. The highest BCUT2D eigenvalue weighted by atomic mass is 16.7. The normalized spacial score (nSPS) is 14.2. The zero-order valence-corrected chi connectivity index (χ0v) is 48.4. The standard InChI is InChI=1S/C32H41NO2.C31H45BO4.CO2/c1-9-24-18-25(20-33-19-24)28-14-12-26(16-22(28)4)32(10-2,11-3)27-13-15-29(23(5)17-27)35-21-30(34)31(6,7)8;1-12-31(13-2,24-15-17-26(22(4)19-24)34-20-27(33)28(5,6)7)23-14-16-25(21(3)18-23)32-35-29(8,9)30(10,11)36-32;2-1-3/h12-20H,9-11,21H2,1-8H3;14-19H,12-13,20H2,1-11H3;. The number of pyridine rings is 1. The van der Waals surface area contributed by atoms with Crippen molar-refractivity contribution in [2.24, 2.45) is 10.8 Å². The fraction of sp³-hybridized carbons (Fsp3) is 0.500. The molecule has 0 atom stereocenters. The van der Waals surface area contributed by atoms with Crippen LogP contribution in [0.25, 0.3) is 11.1 Å². The van der Waals surface area contributed by atoms with Crippen LogP contribution in [0.5, 0.6) is 11.5 Å². The first kappa shape index (κ1) is 60.9. The zero-order chi connectivity index (χ0) is 55.6. The summed E-state index contributed by atoms with van der Waals surface area (Å²) < 4.78 is 24.5. The van der Waals surface area contributed by atoms with Crippen LogP contribution in [0.15, 0.2) is 91.3 Å². The van der Waals surface area contributed by atoms with Crippen LogP contribution in [-0.2, 0) is 45.7 Å². The van der Waals surface area contributed by atoms with Crippen molar-refractivity contribution in [1.82, 2.24) is 4.98 Å². The summed E-state index contributed by atoms with van der Waals surface area (Å²) in [7, 11) is -0.365. The number of aryl methyl sites for hydroxylation is 5. The van der Waals surface area contributed by atoms with Crippen molar-refractivity contribution in [2.45, 2.75) is 186 Å². The number of ketones is 2. The fourth-order valence-electron chi connectivity index (χ4n) is 9.73. The molecule has 4 aromatic carbocycles. The number of carbonyl (C=O) groups excluding carboxylic acids is 4. The average Bonchev–Trinajstić information content (AvgIpc) is 3.56. The van der Waals surface area contributed by atoms with Gasteiger partial charge in [0.05, 0.1) is 11.2 Å². The molecule has 74 heavy (non-hydrogen) atoms. The molecule has 10 heteroatoms. The Hall–Kier alpha value is -5.67. The molecule has 1 aliphatic rings. The summed E-state index contributed by atoms with van der Waals surface area (Å²) in [6.45, 7) is 39.8. The molecule has 0 unspecified atom stereocenters. The molecule has 2 heterocycles. The molecule has 1 aromatic heterocycles. The van der Waals surface area contributed by atoms with Crippen molar-refractivity contribution in [3.8, 4) is 22.6 Å². The maximum Gasteiger partial charge on any atom is 0.495 e. The lowest BCUT2D eigenvalue weighted by Crippen LogP contribution is -2.41. The van der Waals surface area contributed by atoms with Crippen molar-refractivity contribution in [2.75, 3.05) is 13.2 Å². The second-order valence-electron chi connectivity index (χ2n) is 23.2. The van der Waals surface area contributed by atoms with Gasteiger partial charge in [0.15, 0.2) is 11.6 Å². The van der Waals surface area contributed by atoms with Crippen LogP contribution >= 0.6 is 0 Å². The van der Waals surface area contributed by atoms with Crippen LogP contribution in [0.2, 0.25) is 0 Å². The number of nitrogens with zero attached hydrogens (tertiary/aromatic N) is 1. The number of rotatable bonds is 17. The Morgan fingerprint density at radius 1 is 0.554 bits per heavy atom. The lowest BCUT2D eigenvalue weighted by Gasteiger charge is -2.34. The molecule has 1 aliphatic heterocycles. The maximum atomic E-state index is 12.3. The molecule has 9 nitrogen and oxygen atoms in total. The van der Waals surface area contributed by atoms with E-state index in [1.807, 2.05) is 66.1 Å². The van der Waals surface area contributed by atoms with Crippen LogP contribution in [0, 0.1) is 38.5 Å². The van der Waals surface area contributed by atoms with Crippen LogP contribution in [0.3, 0.4) is 0 Å². The van der Waals surface area contributed by atoms with E-state index in [1.165, 1.54) is 50.1 Å². The smallest absolute Gasteiger partial charge is 0.486 e. The molecule has 0 N–H and O–H groups in total. The molecule has 0 bridgehead atoms. The molecule has 0 radical (unpaired) electrons. The van der Waals surface area contributed by atoms with E-state index in [0.717, 1.165) is 60.2 Å². The lowest BCUT2D eigenvalue weighted by molar-refractivity contribution is -0.191. The van der Waals surface area contributed by atoms with Gasteiger partial charge in [-0.2, -0.15) is 9.59 Å². The Labute approximate surface area is 445 Å². The molecule has 398 valence electrons. The van der Waals surface area contributed by atoms with Gasteiger partial charge in [-0.25, -0.2) is 0 Å². The molecule has 0 spiro atoms. The van der Waals surface area contributed by atoms with Gasteiger partial charge < -0.3 is 18.8 Å². The van der Waals surface area contributed by atoms with Crippen molar-refractivity contribution in [3.63, 3.8) is 0 Å². The number of Topliss-reactive ketones (excluding diaryl/α,β-unsaturated/α-hetero) is 2. The number of aromatic nitrogens is 1. The number of ether oxygens (including phenoxy) is 2. The van der Waals surface area contributed by atoms with E-state index < -0.39 is 10.8 Å². The van der Waals surface area contributed by atoms with Gasteiger partial charge >= 0.3 is 13.3 Å². The Bertz CT molecular complexity index is 2740. The van der Waals surface area contributed by atoms with E-state index in [1.54, 1.807) is 0 Å². The number of hydrogen-bond acceptors (Lipinski definition) is 9. The highest BCUT2D eigenvalue weighted by Crippen LogP contribution is 2.44. The predicted octanol–water partition coefficient (Wildman–Crippen LogP) is 14.1. The highest BCUT2D eigenvalue weighted by molar-refractivity contribution is 6.62. The first-order valence-electron chi connectivity index (χ1n) is 26.6. The van der Waals surface area contributed by atoms with Gasteiger partial charge in [-0.1, -0.05) is 142 Å². The minimum absolute atomic E-state index is 0.0860. The molecule has 5 aromatic rings. The summed E-state index contributed by atoms with van der Waals surface area (Å²) in [5.74, 6) is 1.75. The Morgan fingerprint density at radius 3 is 1.28 bits per heavy atom. The van der Waals surface area contributed by atoms with Gasteiger partial charge in [-0.3, -0.25) is 14.6 Å². The van der Waals surface area contributed by atoms with Gasteiger partial charge in [-0.15, -0.1) is 0 Å². The summed E-state index contributed by atoms with van der Waals surface area (Å²) in [5.41, 5.74) is 12.7. The summed E-state index contributed by atoms with van der Waals surface area (Å²) in [4.78, 5) is 45.4. The van der Waals surface area contributed by atoms with Crippen LogP contribution in [0.4, 0.5) is 0 Å². The van der Waals surface area contributed by atoms with E-state index in [2.05, 4.69) is 162 Å². The molecule has 0 saturated carbocycles. The second kappa shape index (κ2) is 24.8. The van der Waals surface area contributed by atoms with Crippen molar-refractivity contribution in [3.05, 3.63) is 141 Å². The van der Waals surface area contributed by atoms with Crippen LogP contribution in [0.1, 0.15) is 180 Å². The Morgan fingerprint density at radius 2 is 0.932 bits per heavy atom. The molecule has 0 aliphatic carbocycles. The van der Waals surface area contributed by atoms with Gasteiger partial charge in [-0.05, 0) is 161 Å². The van der Waals surface area contributed by atoms with E-state index in [0.29, 0.717) is 0 Å². The largest absolute Gasteiger partial charge is 0.495 e. The molecular weight excluding hydrogens is 922 g/mol. The van der Waals surface area contributed by atoms with E-state index in [-0.39, 0.29) is 60.1 Å². The first-order chi connectivity index (χ1) is 34.5. The lowest BCUT2D eigenvalue weighted by atomic mass is 9.68. The molecule has 1 saturated heterocycles. The second-order valence-corrected chi connectivity index (χ2v) is 23.2. The molecule has 6 rings (SSSR count). The third-order valence-corrected chi connectivity index (χ3v) is 15.9. The third kappa shape index (κ3) is 13.8. The van der Waals surface area contributed by atoms with Crippen LogP contribution in [-0.4, -0.2) is 54.2 Å². The topological polar surface area (TPSA) is 118 Å². The van der Waals surface area contributed by atoms with Crippen molar-refractivity contribution >= 4 is 30.3 Å². The Balaban J connectivity index is 0.000000304. The van der Waals surface area contributed by atoms with E-state index in [4.69, 9.17) is 28.4 Å². The van der Waals surface area contributed by atoms with Gasteiger partial charge in [0.1, 0.15) is 24.7 Å².